The summed E-state index contributed by atoms with van der Waals surface area (Å²) in [6, 6.07) is 3.44. The quantitative estimate of drug-likeness (QED) is 0.693. The third kappa shape index (κ3) is 4.76. The van der Waals surface area contributed by atoms with Gasteiger partial charge in [0.1, 0.15) is 17.1 Å². The minimum Gasteiger partial charge on any atom is -0.493 e. The number of benzene rings is 1. The first-order valence-electron chi connectivity index (χ1n) is 7.23. The number of carboxylic acids is 1. The van der Waals surface area contributed by atoms with Crippen LogP contribution in [0.3, 0.4) is 0 Å². The van der Waals surface area contributed by atoms with Gasteiger partial charge in [-0.05, 0) is 31.4 Å². The van der Waals surface area contributed by atoms with E-state index in [1.54, 1.807) is 19.1 Å². The Morgan fingerprint density at radius 2 is 1.70 bits per heavy atom. The first-order chi connectivity index (χ1) is 9.60. The van der Waals surface area contributed by atoms with E-state index in [0.29, 0.717) is 30.3 Å². The monoisotopic (exact) mass is 280 g/mol. The molecule has 112 valence electrons. The Bertz CT molecular complexity index is 440. The van der Waals surface area contributed by atoms with Crippen molar-refractivity contribution in [3.8, 4) is 11.5 Å². The smallest absolute Gasteiger partial charge is 0.339 e. The number of unbranched alkanes of at least 4 members (excludes halogenated alkanes) is 2. The highest BCUT2D eigenvalue weighted by Crippen LogP contribution is 2.29. The summed E-state index contributed by atoms with van der Waals surface area (Å²) in [6.07, 6.45) is 3.95. The number of hydrogen-bond donors (Lipinski definition) is 1. The fraction of sp³-hybridized carbons (Fsp3) is 0.562. The van der Waals surface area contributed by atoms with Crippen molar-refractivity contribution >= 4 is 5.97 Å². The van der Waals surface area contributed by atoms with E-state index in [1.807, 2.05) is 0 Å². The second-order valence-corrected chi connectivity index (χ2v) is 4.82. The Morgan fingerprint density at radius 1 is 1.10 bits per heavy atom. The standard InChI is InChI=1S/C16H24O4/c1-4-6-8-19-13-10-12(3)15(16(17)18)14(11-13)20-9-7-5-2/h10-11H,4-9H2,1-3H3,(H,17,18). The van der Waals surface area contributed by atoms with Gasteiger partial charge in [-0.25, -0.2) is 4.79 Å². The molecule has 0 radical (unpaired) electrons. The molecular weight excluding hydrogens is 256 g/mol. The van der Waals surface area contributed by atoms with Gasteiger partial charge in [-0.2, -0.15) is 0 Å². The third-order valence-electron chi connectivity index (χ3n) is 3.01. The fourth-order valence-electron chi connectivity index (χ4n) is 1.85. The highest BCUT2D eigenvalue weighted by Gasteiger charge is 2.16. The molecule has 0 saturated heterocycles. The van der Waals surface area contributed by atoms with Crippen molar-refractivity contribution in [3.63, 3.8) is 0 Å². The predicted octanol–water partition coefficient (Wildman–Crippen LogP) is 4.05. The van der Waals surface area contributed by atoms with E-state index in [0.717, 1.165) is 25.7 Å². The van der Waals surface area contributed by atoms with Crippen molar-refractivity contribution in [2.75, 3.05) is 13.2 Å². The molecule has 0 aromatic heterocycles. The van der Waals surface area contributed by atoms with Crippen molar-refractivity contribution in [1.82, 2.24) is 0 Å². The number of carbonyl (C=O) groups is 1. The van der Waals surface area contributed by atoms with Gasteiger partial charge in [0.05, 0.1) is 13.2 Å². The molecule has 1 N–H and O–H groups in total. The van der Waals surface area contributed by atoms with Crippen LogP contribution in [-0.2, 0) is 0 Å². The summed E-state index contributed by atoms with van der Waals surface area (Å²) in [4.78, 5) is 11.3. The van der Waals surface area contributed by atoms with Crippen LogP contribution < -0.4 is 9.47 Å². The van der Waals surface area contributed by atoms with Gasteiger partial charge in [-0.15, -0.1) is 0 Å². The lowest BCUT2D eigenvalue weighted by atomic mass is 10.1. The molecule has 0 heterocycles. The molecule has 0 aliphatic rings. The first kappa shape index (κ1) is 16.3. The molecule has 0 fully saturated rings. The lowest BCUT2D eigenvalue weighted by molar-refractivity contribution is 0.0691. The Morgan fingerprint density at radius 3 is 2.25 bits per heavy atom. The maximum absolute atomic E-state index is 11.3. The molecule has 1 rings (SSSR count). The Labute approximate surface area is 120 Å². The summed E-state index contributed by atoms with van der Waals surface area (Å²) in [6.45, 7) is 7.09. The molecule has 0 amide bonds. The maximum atomic E-state index is 11.3. The van der Waals surface area contributed by atoms with E-state index in [2.05, 4.69) is 13.8 Å². The van der Waals surface area contributed by atoms with Crippen LogP contribution in [0.25, 0.3) is 0 Å². The van der Waals surface area contributed by atoms with Crippen LogP contribution in [0.15, 0.2) is 12.1 Å². The van der Waals surface area contributed by atoms with Crippen molar-refractivity contribution in [2.45, 2.75) is 46.5 Å². The Kier molecular flexibility index (Phi) is 6.91. The van der Waals surface area contributed by atoms with Crippen LogP contribution in [-0.4, -0.2) is 24.3 Å². The Balaban J connectivity index is 2.92. The average molecular weight is 280 g/mol. The second kappa shape index (κ2) is 8.46. The largest absolute Gasteiger partial charge is 0.493 e. The number of ether oxygens (including phenoxy) is 2. The van der Waals surface area contributed by atoms with Gasteiger partial charge in [0.15, 0.2) is 0 Å². The van der Waals surface area contributed by atoms with Gasteiger partial charge in [0.25, 0.3) is 0 Å². The highest BCUT2D eigenvalue weighted by atomic mass is 16.5. The summed E-state index contributed by atoms with van der Waals surface area (Å²) < 4.78 is 11.2. The second-order valence-electron chi connectivity index (χ2n) is 4.82. The average Bonchev–Trinajstić information content (AvgIpc) is 2.38. The van der Waals surface area contributed by atoms with E-state index in [-0.39, 0.29) is 5.56 Å². The zero-order chi connectivity index (χ0) is 15.0. The summed E-state index contributed by atoms with van der Waals surface area (Å²) >= 11 is 0. The van der Waals surface area contributed by atoms with Crippen LogP contribution in [0.5, 0.6) is 11.5 Å². The number of carboxylic acid groups (broad SMARTS) is 1. The van der Waals surface area contributed by atoms with Crippen LogP contribution in [0, 0.1) is 6.92 Å². The normalized spacial score (nSPS) is 10.3. The molecule has 0 aliphatic heterocycles. The topological polar surface area (TPSA) is 55.8 Å². The van der Waals surface area contributed by atoms with Gasteiger partial charge >= 0.3 is 5.97 Å². The minimum atomic E-state index is -0.964. The van der Waals surface area contributed by atoms with Crippen LogP contribution in [0.2, 0.25) is 0 Å². The molecule has 0 atom stereocenters. The van der Waals surface area contributed by atoms with Crippen LogP contribution in [0.1, 0.15) is 55.5 Å². The first-order valence-corrected chi connectivity index (χ1v) is 7.23. The summed E-state index contributed by atoms with van der Waals surface area (Å²) in [5, 5.41) is 9.29. The number of rotatable bonds is 9. The van der Waals surface area contributed by atoms with Gasteiger partial charge in [-0.1, -0.05) is 26.7 Å². The zero-order valence-electron chi connectivity index (χ0n) is 12.6. The molecule has 20 heavy (non-hydrogen) atoms. The molecule has 0 spiro atoms. The lowest BCUT2D eigenvalue weighted by Gasteiger charge is -2.14. The van der Waals surface area contributed by atoms with Gasteiger partial charge in [0.2, 0.25) is 0 Å². The molecule has 1 aromatic rings. The molecule has 1 aromatic carbocycles. The van der Waals surface area contributed by atoms with E-state index in [9.17, 15) is 9.90 Å². The molecule has 0 aliphatic carbocycles. The van der Waals surface area contributed by atoms with Crippen molar-refractivity contribution in [3.05, 3.63) is 23.3 Å². The molecule has 4 heteroatoms. The van der Waals surface area contributed by atoms with Gasteiger partial charge < -0.3 is 14.6 Å². The van der Waals surface area contributed by atoms with Crippen molar-refractivity contribution in [1.29, 1.82) is 0 Å². The number of hydrogen-bond acceptors (Lipinski definition) is 3. The van der Waals surface area contributed by atoms with Gasteiger partial charge in [-0.3, -0.25) is 0 Å². The highest BCUT2D eigenvalue weighted by molar-refractivity contribution is 5.93. The minimum absolute atomic E-state index is 0.226. The Hall–Kier alpha value is -1.71. The zero-order valence-corrected chi connectivity index (χ0v) is 12.6. The third-order valence-corrected chi connectivity index (χ3v) is 3.01. The fourth-order valence-corrected chi connectivity index (χ4v) is 1.85. The SMILES string of the molecule is CCCCOc1cc(C)c(C(=O)O)c(OCCCC)c1. The summed E-state index contributed by atoms with van der Waals surface area (Å²) in [5.74, 6) is 0.110. The molecule has 0 unspecified atom stereocenters. The van der Waals surface area contributed by atoms with E-state index >= 15 is 0 Å². The molecule has 0 bridgehead atoms. The van der Waals surface area contributed by atoms with E-state index < -0.39 is 5.97 Å². The van der Waals surface area contributed by atoms with Crippen LogP contribution in [0.4, 0.5) is 0 Å². The maximum Gasteiger partial charge on any atom is 0.339 e. The van der Waals surface area contributed by atoms with Crippen LogP contribution >= 0.6 is 0 Å². The van der Waals surface area contributed by atoms with Crippen molar-refractivity contribution in [2.24, 2.45) is 0 Å². The molecular formula is C16H24O4. The summed E-state index contributed by atoms with van der Waals surface area (Å²) in [5.41, 5.74) is 0.891. The van der Waals surface area contributed by atoms with E-state index in [4.69, 9.17) is 9.47 Å². The molecule has 0 saturated carbocycles. The van der Waals surface area contributed by atoms with Gasteiger partial charge in [0, 0.05) is 6.07 Å². The molecule has 4 nitrogen and oxygen atoms in total. The van der Waals surface area contributed by atoms with E-state index in [1.165, 1.54) is 0 Å². The summed E-state index contributed by atoms with van der Waals surface area (Å²) in [7, 11) is 0. The lowest BCUT2D eigenvalue weighted by Crippen LogP contribution is -2.07. The number of aryl methyl sites for hydroxylation is 1. The predicted molar refractivity (Wildman–Crippen MR) is 78.9 cm³/mol. The number of aromatic carboxylic acids is 1. The van der Waals surface area contributed by atoms with Crippen molar-refractivity contribution < 1.29 is 19.4 Å².